The van der Waals surface area contributed by atoms with Gasteiger partial charge in [-0.25, -0.2) is 0 Å². The van der Waals surface area contributed by atoms with E-state index in [0.717, 1.165) is 11.3 Å². The normalized spacial score (nSPS) is 12.3. The fourth-order valence-electron chi connectivity index (χ4n) is 1.98. The molecule has 0 saturated heterocycles. The summed E-state index contributed by atoms with van der Waals surface area (Å²) in [7, 11) is 0. The number of allylic oxidation sites excluding steroid dienone is 3. The van der Waals surface area contributed by atoms with Gasteiger partial charge < -0.3 is 4.42 Å². The molecular weight excluding hydrogens is 260 g/mol. The lowest BCUT2D eigenvalue weighted by atomic mass is 10.0. The van der Waals surface area contributed by atoms with E-state index in [0.29, 0.717) is 11.5 Å². The van der Waals surface area contributed by atoms with Crippen molar-refractivity contribution in [2.45, 2.75) is 26.7 Å². The van der Waals surface area contributed by atoms with Gasteiger partial charge in [-0.1, -0.05) is 44.2 Å². The molecule has 1 aromatic carbocycles. The summed E-state index contributed by atoms with van der Waals surface area (Å²) >= 11 is 0. The molecular formula is C19H20O2. The highest BCUT2D eigenvalue weighted by Crippen LogP contribution is 2.15. The van der Waals surface area contributed by atoms with Gasteiger partial charge in [-0.2, -0.15) is 0 Å². The number of furan rings is 1. The first-order valence-electron chi connectivity index (χ1n) is 7.10. The van der Waals surface area contributed by atoms with Crippen LogP contribution in [-0.2, 0) is 0 Å². The summed E-state index contributed by atoms with van der Waals surface area (Å²) < 4.78 is 5.24. The molecule has 0 radical (unpaired) electrons. The van der Waals surface area contributed by atoms with Crippen molar-refractivity contribution >= 4 is 11.9 Å². The Morgan fingerprint density at radius 1 is 1.10 bits per heavy atom. The second kappa shape index (κ2) is 6.89. The molecule has 2 aromatic rings. The fourth-order valence-corrected chi connectivity index (χ4v) is 1.98. The molecule has 0 saturated carbocycles. The van der Waals surface area contributed by atoms with Gasteiger partial charge in [0.1, 0.15) is 5.76 Å². The van der Waals surface area contributed by atoms with Crippen molar-refractivity contribution < 1.29 is 9.21 Å². The van der Waals surface area contributed by atoms with Gasteiger partial charge in [0.05, 0.1) is 6.26 Å². The summed E-state index contributed by atoms with van der Waals surface area (Å²) in [6, 6.07) is 11.5. The maximum Gasteiger partial charge on any atom is 0.185 e. The molecule has 0 bridgehead atoms. The molecule has 0 aliphatic heterocycles. The Balaban J connectivity index is 2.05. The van der Waals surface area contributed by atoms with Gasteiger partial charge in [0.15, 0.2) is 5.78 Å². The van der Waals surface area contributed by atoms with Crippen molar-refractivity contribution in [1.82, 2.24) is 0 Å². The Hall–Kier alpha value is -2.35. The monoisotopic (exact) mass is 280 g/mol. The second-order valence-corrected chi connectivity index (χ2v) is 5.38. The Morgan fingerprint density at radius 2 is 1.81 bits per heavy atom. The van der Waals surface area contributed by atoms with Crippen molar-refractivity contribution in [3.8, 4) is 0 Å². The van der Waals surface area contributed by atoms with Gasteiger partial charge in [0.25, 0.3) is 0 Å². The van der Waals surface area contributed by atoms with Gasteiger partial charge in [-0.3, -0.25) is 4.79 Å². The number of hydrogen-bond donors (Lipinski definition) is 0. The van der Waals surface area contributed by atoms with E-state index in [9.17, 15) is 4.79 Å². The smallest absolute Gasteiger partial charge is 0.185 e. The molecule has 21 heavy (non-hydrogen) atoms. The van der Waals surface area contributed by atoms with Gasteiger partial charge in [0, 0.05) is 5.56 Å². The van der Waals surface area contributed by atoms with E-state index in [4.69, 9.17) is 4.42 Å². The van der Waals surface area contributed by atoms with Crippen LogP contribution in [-0.4, -0.2) is 5.78 Å². The molecule has 2 heteroatoms. The molecule has 0 aliphatic carbocycles. The van der Waals surface area contributed by atoms with Crippen LogP contribution in [0.15, 0.2) is 64.8 Å². The largest absolute Gasteiger partial charge is 0.465 e. The molecule has 0 unspecified atom stereocenters. The minimum absolute atomic E-state index is 0.0116. The van der Waals surface area contributed by atoms with Crippen molar-refractivity contribution in [2.75, 3.05) is 0 Å². The predicted octanol–water partition coefficient (Wildman–Crippen LogP) is 5.25. The van der Waals surface area contributed by atoms with E-state index >= 15 is 0 Å². The van der Waals surface area contributed by atoms with Crippen LogP contribution in [0.5, 0.6) is 0 Å². The van der Waals surface area contributed by atoms with Crippen molar-refractivity contribution in [3.05, 3.63) is 77.3 Å². The van der Waals surface area contributed by atoms with E-state index in [1.54, 1.807) is 18.4 Å². The van der Waals surface area contributed by atoms with E-state index in [-0.39, 0.29) is 5.78 Å². The van der Waals surface area contributed by atoms with E-state index in [1.807, 2.05) is 49.4 Å². The summed E-state index contributed by atoms with van der Waals surface area (Å²) in [5.74, 6) is 1.27. The average Bonchev–Trinajstić information content (AvgIpc) is 2.97. The summed E-state index contributed by atoms with van der Waals surface area (Å²) in [6.07, 6.45) is 6.93. The molecule has 1 aromatic heterocycles. The molecule has 1 heterocycles. The third-order valence-corrected chi connectivity index (χ3v) is 3.27. The molecule has 108 valence electrons. The van der Waals surface area contributed by atoms with Crippen molar-refractivity contribution in [1.29, 1.82) is 0 Å². The van der Waals surface area contributed by atoms with Gasteiger partial charge in [-0.05, 0) is 48.3 Å². The Morgan fingerprint density at radius 3 is 2.38 bits per heavy atom. The second-order valence-electron chi connectivity index (χ2n) is 5.38. The minimum Gasteiger partial charge on any atom is -0.465 e. The van der Waals surface area contributed by atoms with Crippen LogP contribution in [0.1, 0.15) is 48.4 Å². The standard InChI is InChI=1S/C19H20O2/c1-14(2)16-7-9-17(10-8-16)19(20)11-6-15(3)13-18-5-4-12-21-18/h4-14H,1-3H3/b11-6+,15-13+. The lowest BCUT2D eigenvalue weighted by Gasteiger charge is -2.05. The van der Waals surface area contributed by atoms with Crippen molar-refractivity contribution in [2.24, 2.45) is 0 Å². The minimum atomic E-state index is 0.0116. The SMILES string of the molecule is CC(/C=C/C(=O)c1ccc(C(C)C)cc1)=C\c1ccco1. The van der Waals surface area contributed by atoms with E-state index in [2.05, 4.69) is 13.8 Å². The van der Waals surface area contributed by atoms with Gasteiger partial charge in [0.2, 0.25) is 0 Å². The zero-order valence-electron chi connectivity index (χ0n) is 12.7. The highest BCUT2D eigenvalue weighted by atomic mass is 16.3. The highest BCUT2D eigenvalue weighted by molar-refractivity contribution is 6.04. The Labute approximate surface area is 125 Å². The maximum absolute atomic E-state index is 12.1. The molecule has 0 atom stereocenters. The number of hydrogen-bond acceptors (Lipinski definition) is 2. The molecule has 0 spiro atoms. The average molecular weight is 280 g/mol. The maximum atomic E-state index is 12.1. The first-order valence-corrected chi connectivity index (χ1v) is 7.10. The van der Waals surface area contributed by atoms with Crippen LogP contribution in [0.4, 0.5) is 0 Å². The summed E-state index contributed by atoms with van der Waals surface area (Å²) in [6.45, 7) is 6.22. The number of benzene rings is 1. The lowest BCUT2D eigenvalue weighted by Crippen LogP contribution is -1.95. The fraction of sp³-hybridized carbons (Fsp3) is 0.211. The van der Waals surface area contributed by atoms with Crippen LogP contribution < -0.4 is 0 Å². The van der Waals surface area contributed by atoms with E-state index < -0.39 is 0 Å². The van der Waals surface area contributed by atoms with Crippen LogP contribution in [0.2, 0.25) is 0 Å². The predicted molar refractivity (Wildman–Crippen MR) is 86.4 cm³/mol. The van der Waals surface area contributed by atoms with Crippen LogP contribution in [0.3, 0.4) is 0 Å². The zero-order valence-corrected chi connectivity index (χ0v) is 12.7. The van der Waals surface area contributed by atoms with Crippen LogP contribution >= 0.6 is 0 Å². The number of carbonyl (C=O) groups excluding carboxylic acids is 1. The molecule has 2 rings (SSSR count). The molecule has 0 amide bonds. The third-order valence-electron chi connectivity index (χ3n) is 3.27. The third kappa shape index (κ3) is 4.32. The quantitative estimate of drug-likeness (QED) is 0.425. The Bertz CT molecular complexity index is 641. The first-order chi connectivity index (χ1) is 10.1. The first kappa shape index (κ1) is 15.0. The zero-order chi connectivity index (χ0) is 15.2. The van der Waals surface area contributed by atoms with Gasteiger partial charge in [-0.15, -0.1) is 0 Å². The molecule has 0 fully saturated rings. The highest BCUT2D eigenvalue weighted by Gasteiger charge is 2.03. The van der Waals surface area contributed by atoms with Crippen LogP contribution in [0, 0.1) is 0 Å². The molecule has 0 N–H and O–H groups in total. The summed E-state index contributed by atoms with van der Waals surface area (Å²) in [5, 5.41) is 0. The molecule has 0 aliphatic rings. The number of rotatable bonds is 5. The number of carbonyl (C=O) groups is 1. The Kier molecular flexibility index (Phi) is 4.94. The van der Waals surface area contributed by atoms with E-state index in [1.165, 1.54) is 5.56 Å². The summed E-state index contributed by atoms with van der Waals surface area (Å²) in [4.78, 5) is 12.1. The van der Waals surface area contributed by atoms with Crippen LogP contribution in [0.25, 0.3) is 6.08 Å². The topological polar surface area (TPSA) is 30.2 Å². The molecule has 2 nitrogen and oxygen atoms in total. The summed E-state index contributed by atoms with van der Waals surface area (Å²) in [5.41, 5.74) is 2.92. The van der Waals surface area contributed by atoms with Crippen molar-refractivity contribution in [3.63, 3.8) is 0 Å². The van der Waals surface area contributed by atoms with Gasteiger partial charge >= 0.3 is 0 Å². The lowest BCUT2D eigenvalue weighted by molar-refractivity contribution is 0.104. The number of ketones is 1.